The Balaban J connectivity index is 1.61. The lowest BCUT2D eigenvalue weighted by Gasteiger charge is -2.29. The molecular weight excluding hydrogens is 394 g/mol. The van der Waals surface area contributed by atoms with E-state index in [1.165, 1.54) is 11.1 Å². The molecule has 0 saturated carbocycles. The number of aromatic amines is 1. The average Bonchev–Trinajstić information content (AvgIpc) is 2.74. The average molecular weight is 416 g/mol. The molecule has 3 heterocycles. The SMILES string of the molecule is Cc1cccc(C)c1-n1cnc2nc(N3CCc4ccccc4C3)[nH]c(=O)c2c1=S. The van der Waals surface area contributed by atoms with Crippen LogP contribution in [0.2, 0.25) is 0 Å². The molecule has 2 aromatic heterocycles. The molecule has 1 N–H and O–H groups in total. The van der Waals surface area contributed by atoms with Gasteiger partial charge in [-0.25, -0.2) is 4.98 Å². The van der Waals surface area contributed by atoms with E-state index >= 15 is 0 Å². The maximum atomic E-state index is 13.0. The van der Waals surface area contributed by atoms with Crippen molar-refractivity contribution in [3.05, 3.63) is 86.0 Å². The largest absolute Gasteiger partial charge is 0.338 e. The molecular formula is C23H21N5OS. The summed E-state index contributed by atoms with van der Waals surface area (Å²) in [5.74, 6) is 0.536. The molecule has 0 unspecified atom stereocenters. The van der Waals surface area contributed by atoms with Crippen molar-refractivity contribution < 1.29 is 0 Å². The van der Waals surface area contributed by atoms with E-state index in [2.05, 4.69) is 38.1 Å². The number of para-hydroxylation sites is 1. The smallest absolute Gasteiger partial charge is 0.264 e. The van der Waals surface area contributed by atoms with Gasteiger partial charge in [0.15, 0.2) is 5.65 Å². The molecule has 5 rings (SSSR count). The van der Waals surface area contributed by atoms with Crippen molar-refractivity contribution in [2.24, 2.45) is 0 Å². The van der Waals surface area contributed by atoms with Gasteiger partial charge in [-0.15, -0.1) is 0 Å². The molecule has 0 spiro atoms. The number of fused-ring (bicyclic) bond motifs is 2. The van der Waals surface area contributed by atoms with Crippen LogP contribution in [0.15, 0.2) is 53.6 Å². The minimum absolute atomic E-state index is 0.257. The van der Waals surface area contributed by atoms with Gasteiger partial charge in [0, 0.05) is 13.1 Å². The van der Waals surface area contributed by atoms with E-state index in [1.54, 1.807) is 10.9 Å². The lowest BCUT2D eigenvalue weighted by Crippen LogP contribution is -2.33. The Hall–Kier alpha value is -3.32. The van der Waals surface area contributed by atoms with Crippen LogP contribution in [0.5, 0.6) is 0 Å². The van der Waals surface area contributed by atoms with Crippen molar-refractivity contribution in [2.75, 3.05) is 11.4 Å². The number of anilines is 1. The van der Waals surface area contributed by atoms with Gasteiger partial charge in [-0.05, 0) is 42.5 Å². The maximum Gasteiger partial charge on any atom is 0.264 e. The fourth-order valence-electron chi connectivity index (χ4n) is 4.19. The molecule has 6 nitrogen and oxygen atoms in total. The number of nitrogens with zero attached hydrogens (tertiary/aromatic N) is 4. The Morgan fingerprint density at radius 2 is 1.77 bits per heavy atom. The van der Waals surface area contributed by atoms with Gasteiger partial charge in [0.05, 0.1) is 5.69 Å². The number of benzene rings is 2. The number of H-pyrrole nitrogens is 1. The molecule has 1 aliphatic rings. The third-order valence-corrected chi connectivity index (χ3v) is 6.13. The summed E-state index contributed by atoms with van der Waals surface area (Å²) in [6, 6.07) is 14.4. The van der Waals surface area contributed by atoms with Crippen LogP contribution in [0.4, 0.5) is 5.95 Å². The van der Waals surface area contributed by atoms with Crippen LogP contribution < -0.4 is 10.5 Å². The van der Waals surface area contributed by atoms with E-state index in [-0.39, 0.29) is 5.56 Å². The van der Waals surface area contributed by atoms with Gasteiger partial charge in [0.1, 0.15) is 16.4 Å². The van der Waals surface area contributed by atoms with Crippen molar-refractivity contribution in [3.8, 4) is 5.69 Å². The zero-order valence-electron chi connectivity index (χ0n) is 16.8. The van der Waals surface area contributed by atoms with Crippen molar-refractivity contribution >= 4 is 29.2 Å². The molecule has 0 fully saturated rings. The first-order valence-corrected chi connectivity index (χ1v) is 10.3. The minimum atomic E-state index is -0.257. The van der Waals surface area contributed by atoms with Crippen molar-refractivity contribution in [3.63, 3.8) is 0 Å². The second-order valence-corrected chi connectivity index (χ2v) is 8.08. The topological polar surface area (TPSA) is 66.8 Å². The molecule has 0 atom stereocenters. The van der Waals surface area contributed by atoms with Crippen molar-refractivity contribution in [1.82, 2.24) is 19.5 Å². The lowest BCUT2D eigenvalue weighted by molar-refractivity contribution is 0.707. The summed E-state index contributed by atoms with van der Waals surface area (Å²) in [6.07, 6.45) is 2.58. The zero-order chi connectivity index (χ0) is 20.8. The fourth-order valence-corrected chi connectivity index (χ4v) is 4.51. The van der Waals surface area contributed by atoms with Crippen LogP contribution in [0.25, 0.3) is 16.7 Å². The number of aromatic nitrogens is 4. The van der Waals surface area contributed by atoms with E-state index < -0.39 is 0 Å². The molecule has 0 amide bonds. The zero-order valence-corrected chi connectivity index (χ0v) is 17.7. The summed E-state index contributed by atoms with van der Waals surface area (Å²) in [7, 11) is 0. The lowest BCUT2D eigenvalue weighted by atomic mass is 10.0. The predicted molar refractivity (Wildman–Crippen MR) is 121 cm³/mol. The second kappa shape index (κ2) is 7.18. The van der Waals surface area contributed by atoms with Crippen LogP contribution in [0.1, 0.15) is 22.3 Å². The van der Waals surface area contributed by atoms with Gasteiger partial charge in [-0.3, -0.25) is 14.3 Å². The number of hydrogen-bond acceptors (Lipinski definition) is 5. The minimum Gasteiger partial charge on any atom is -0.338 e. The van der Waals surface area contributed by atoms with Gasteiger partial charge >= 0.3 is 0 Å². The highest BCUT2D eigenvalue weighted by Gasteiger charge is 2.20. The Morgan fingerprint density at radius 3 is 2.53 bits per heavy atom. The number of nitrogens with one attached hydrogen (secondary N) is 1. The van der Waals surface area contributed by atoms with Crippen LogP contribution in [0, 0.1) is 18.5 Å². The summed E-state index contributed by atoms with van der Waals surface area (Å²) in [6.45, 7) is 5.55. The molecule has 150 valence electrons. The van der Waals surface area contributed by atoms with Crippen molar-refractivity contribution in [1.29, 1.82) is 0 Å². The first kappa shape index (κ1) is 18.7. The van der Waals surface area contributed by atoms with E-state index in [0.717, 1.165) is 29.8 Å². The summed E-state index contributed by atoms with van der Waals surface area (Å²) in [5.41, 5.74) is 5.81. The standard InChI is InChI=1S/C23H21N5OS/c1-14-6-5-7-15(2)19(14)28-13-24-20-18(22(28)30)21(29)26-23(25-20)27-11-10-16-8-3-4-9-17(16)12-27/h3-9,13H,10-12H2,1-2H3,(H,25,26,29). The third-order valence-electron chi connectivity index (χ3n) is 5.73. The van der Waals surface area contributed by atoms with Crippen molar-refractivity contribution in [2.45, 2.75) is 26.8 Å². The molecule has 0 aliphatic carbocycles. The fraction of sp³-hybridized carbons (Fsp3) is 0.217. The Labute approximate surface area is 178 Å². The molecule has 1 aliphatic heterocycles. The second-order valence-electron chi connectivity index (χ2n) is 7.69. The first-order valence-electron chi connectivity index (χ1n) is 9.93. The summed E-state index contributed by atoms with van der Waals surface area (Å²) in [4.78, 5) is 27.2. The van der Waals surface area contributed by atoms with E-state index in [1.807, 2.05) is 38.1 Å². The third kappa shape index (κ3) is 3.02. The van der Waals surface area contributed by atoms with Crippen LogP contribution >= 0.6 is 12.2 Å². The first-order chi connectivity index (χ1) is 14.5. The molecule has 2 aromatic carbocycles. The molecule has 4 aromatic rings. The van der Waals surface area contributed by atoms with Gasteiger partial charge in [0.25, 0.3) is 5.56 Å². The quantitative estimate of drug-likeness (QED) is 0.501. The monoisotopic (exact) mass is 415 g/mol. The van der Waals surface area contributed by atoms with E-state index in [0.29, 0.717) is 28.2 Å². The van der Waals surface area contributed by atoms with Gasteiger partial charge in [-0.2, -0.15) is 4.98 Å². The maximum absolute atomic E-state index is 13.0. The van der Waals surface area contributed by atoms with Crippen LogP contribution in [-0.4, -0.2) is 26.1 Å². The highest BCUT2D eigenvalue weighted by atomic mass is 32.1. The molecule has 0 saturated heterocycles. The number of rotatable bonds is 2. The van der Waals surface area contributed by atoms with Gasteiger partial charge in [0.2, 0.25) is 5.95 Å². The molecule has 7 heteroatoms. The van der Waals surface area contributed by atoms with Gasteiger partial charge in [-0.1, -0.05) is 54.7 Å². The number of hydrogen-bond donors (Lipinski definition) is 1. The van der Waals surface area contributed by atoms with E-state index in [4.69, 9.17) is 12.2 Å². The summed E-state index contributed by atoms with van der Waals surface area (Å²) in [5, 5.41) is 0.344. The number of aryl methyl sites for hydroxylation is 2. The van der Waals surface area contributed by atoms with Crippen LogP contribution in [-0.2, 0) is 13.0 Å². The summed E-state index contributed by atoms with van der Waals surface area (Å²) < 4.78 is 2.22. The van der Waals surface area contributed by atoms with Gasteiger partial charge < -0.3 is 4.90 Å². The molecule has 0 radical (unpaired) electrons. The Morgan fingerprint density at radius 1 is 1.03 bits per heavy atom. The highest BCUT2D eigenvalue weighted by molar-refractivity contribution is 7.71. The summed E-state index contributed by atoms with van der Waals surface area (Å²) >= 11 is 5.68. The molecule has 0 bridgehead atoms. The molecule has 30 heavy (non-hydrogen) atoms. The normalized spacial score (nSPS) is 13.5. The Kier molecular flexibility index (Phi) is 4.47. The predicted octanol–water partition coefficient (Wildman–Crippen LogP) is 4.02. The van der Waals surface area contributed by atoms with Crippen LogP contribution in [0.3, 0.4) is 0 Å². The highest BCUT2D eigenvalue weighted by Crippen LogP contribution is 2.23. The van der Waals surface area contributed by atoms with E-state index in [9.17, 15) is 4.79 Å². The Bertz CT molecular complexity index is 1380.